The van der Waals surface area contributed by atoms with Crippen LogP contribution >= 0.6 is 0 Å². The van der Waals surface area contributed by atoms with Crippen molar-refractivity contribution in [3.05, 3.63) is 49.1 Å². The van der Waals surface area contributed by atoms with Crippen LogP contribution in [0.3, 0.4) is 0 Å². The van der Waals surface area contributed by atoms with Gasteiger partial charge in [0.25, 0.3) is 0 Å². The summed E-state index contributed by atoms with van der Waals surface area (Å²) in [6.07, 6.45) is 10.2. The number of anilines is 1. The fourth-order valence-electron chi connectivity index (χ4n) is 4.62. The number of benzene rings is 1. The fraction of sp³-hybridized carbons (Fsp3) is 0.435. The molecule has 1 N–H and O–H groups in total. The van der Waals surface area contributed by atoms with Crippen molar-refractivity contribution >= 4 is 16.7 Å². The van der Waals surface area contributed by atoms with Crippen LogP contribution in [0.5, 0.6) is 0 Å². The molecular formula is C23H27N5O. The summed E-state index contributed by atoms with van der Waals surface area (Å²) >= 11 is 0. The third-order valence-electron chi connectivity index (χ3n) is 6.25. The zero-order chi connectivity index (χ0) is 19.5. The molecule has 0 unspecified atom stereocenters. The summed E-state index contributed by atoms with van der Waals surface area (Å²) in [5.74, 6) is 0.945. The summed E-state index contributed by atoms with van der Waals surface area (Å²) in [6, 6.07) is 11.6. The zero-order valence-corrected chi connectivity index (χ0v) is 16.6. The van der Waals surface area contributed by atoms with Gasteiger partial charge in [0.15, 0.2) is 0 Å². The van der Waals surface area contributed by atoms with Crippen LogP contribution in [0.25, 0.3) is 22.0 Å². The Morgan fingerprint density at radius 3 is 2.48 bits per heavy atom. The molecule has 0 bridgehead atoms. The first-order valence-electron chi connectivity index (χ1n) is 10.6. The monoisotopic (exact) mass is 389 g/mol. The molecule has 3 aromatic rings. The number of hydrogen-bond donors (Lipinski definition) is 1. The van der Waals surface area contributed by atoms with E-state index in [-0.39, 0.29) is 0 Å². The van der Waals surface area contributed by atoms with Gasteiger partial charge < -0.3 is 10.1 Å². The molecule has 0 amide bonds. The molecule has 2 aliphatic rings. The summed E-state index contributed by atoms with van der Waals surface area (Å²) in [4.78, 5) is 15.8. The van der Waals surface area contributed by atoms with Crippen molar-refractivity contribution in [1.29, 1.82) is 0 Å². The average Bonchev–Trinajstić information content (AvgIpc) is 2.81. The van der Waals surface area contributed by atoms with E-state index in [9.17, 15) is 0 Å². The molecule has 1 aliphatic heterocycles. The Kier molecular flexibility index (Phi) is 5.37. The van der Waals surface area contributed by atoms with E-state index >= 15 is 0 Å². The Balaban J connectivity index is 1.31. The van der Waals surface area contributed by atoms with Crippen LogP contribution in [0.4, 0.5) is 5.82 Å². The van der Waals surface area contributed by atoms with E-state index in [1.807, 2.05) is 24.5 Å². The lowest BCUT2D eigenvalue weighted by molar-refractivity contribution is 0.00791. The number of rotatable bonds is 4. The molecule has 1 aromatic carbocycles. The highest BCUT2D eigenvalue weighted by molar-refractivity contribution is 5.92. The van der Waals surface area contributed by atoms with Gasteiger partial charge in [0.1, 0.15) is 12.1 Å². The predicted octanol–water partition coefficient (Wildman–Crippen LogP) is 3.75. The number of morpholine rings is 1. The number of nitrogens with zero attached hydrogens (tertiary/aromatic N) is 4. The van der Waals surface area contributed by atoms with Crippen molar-refractivity contribution in [1.82, 2.24) is 19.9 Å². The average molecular weight is 390 g/mol. The third-order valence-corrected chi connectivity index (χ3v) is 6.25. The molecule has 0 spiro atoms. The molecule has 3 heterocycles. The van der Waals surface area contributed by atoms with Gasteiger partial charge in [-0.2, -0.15) is 0 Å². The molecule has 150 valence electrons. The second kappa shape index (κ2) is 8.43. The number of ether oxygens (including phenoxy) is 1. The third kappa shape index (κ3) is 4.09. The van der Waals surface area contributed by atoms with E-state index in [1.54, 1.807) is 6.33 Å². The molecule has 0 radical (unpaired) electrons. The highest BCUT2D eigenvalue weighted by atomic mass is 16.5. The Hall–Kier alpha value is -2.57. The standard InChI is InChI=1S/C23H27N5O/c1-6-22-21(15-18(1)17-7-9-24-10-8-17)23(26-16-25-22)27-19-2-4-20(5-3-19)28-11-13-29-14-12-28/h1,6-10,15-16,19-20H,2-5,11-14H2,(H,25,26,27)/t19-,20-. The molecule has 0 atom stereocenters. The summed E-state index contributed by atoms with van der Waals surface area (Å²) < 4.78 is 5.50. The summed E-state index contributed by atoms with van der Waals surface area (Å²) in [6.45, 7) is 3.92. The van der Waals surface area contributed by atoms with Gasteiger partial charge in [-0.1, -0.05) is 6.07 Å². The molecule has 2 fully saturated rings. The SMILES string of the molecule is c1cc(-c2ccc3ncnc(N[C@H]4CC[C@H](N5CCOCC5)CC4)c3c2)ccn1. The number of aromatic nitrogens is 3. The minimum absolute atomic E-state index is 0.468. The van der Waals surface area contributed by atoms with Crippen molar-refractivity contribution in [2.75, 3.05) is 31.6 Å². The maximum absolute atomic E-state index is 5.50. The van der Waals surface area contributed by atoms with E-state index in [4.69, 9.17) is 4.74 Å². The van der Waals surface area contributed by atoms with Crippen LogP contribution in [-0.2, 0) is 4.74 Å². The first kappa shape index (κ1) is 18.5. The molecule has 6 nitrogen and oxygen atoms in total. The first-order chi connectivity index (χ1) is 14.4. The van der Waals surface area contributed by atoms with Crippen molar-refractivity contribution < 1.29 is 4.74 Å². The van der Waals surface area contributed by atoms with Crippen LogP contribution in [0.15, 0.2) is 49.1 Å². The Labute approximate surface area is 171 Å². The molecule has 5 rings (SSSR count). The molecule has 1 aliphatic carbocycles. The van der Waals surface area contributed by atoms with Crippen molar-refractivity contribution in [2.45, 2.75) is 37.8 Å². The normalized spacial score (nSPS) is 23.2. The Morgan fingerprint density at radius 1 is 0.897 bits per heavy atom. The summed E-state index contributed by atoms with van der Waals surface area (Å²) in [5.41, 5.74) is 3.29. The van der Waals surface area contributed by atoms with Crippen molar-refractivity contribution in [3.63, 3.8) is 0 Å². The second-order valence-electron chi connectivity index (χ2n) is 7.99. The molecule has 2 aromatic heterocycles. The van der Waals surface area contributed by atoms with Gasteiger partial charge >= 0.3 is 0 Å². The minimum Gasteiger partial charge on any atom is -0.379 e. The van der Waals surface area contributed by atoms with Crippen LogP contribution < -0.4 is 5.32 Å². The molecular weight excluding hydrogens is 362 g/mol. The summed E-state index contributed by atoms with van der Waals surface area (Å²) in [7, 11) is 0. The van der Waals surface area contributed by atoms with Gasteiger partial charge in [0.2, 0.25) is 0 Å². The van der Waals surface area contributed by atoms with E-state index in [0.717, 1.165) is 54.2 Å². The van der Waals surface area contributed by atoms with Gasteiger partial charge in [-0.25, -0.2) is 9.97 Å². The Bertz CT molecular complexity index is 950. The maximum Gasteiger partial charge on any atom is 0.137 e. The number of pyridine rings is 1. The highest BCUT2D eigenvalue weighted by Gasteiger charge is 2.27. The first-order valence-corrected chi connectivity index (χ1v) is 10.6. The lowest BCUT2D eigenvalue weighted by Gasteiger charge is -2.39. The van der Waals surface area contributed by atoms with Gasteiger partial charge in [-0.05, 0) is 61.1 Å². The van der Waals surface area contributed by atoms with Crippen LogP contribution in [0.2, 0.25) is 0 Å². The van der Waals surface area contributed by atoms with Gasteiger partial charge in [0, 0.05) is 43.0 Å². The molecule has 29 heavy (non-hydrogen) atoms. The maximum atomic E-state index is 5.50. The smallest absolute Gasteiger partial charge is 0.137 e. The van der Waals surface area contributed by atoms with E-state index in [2.05, 4.69) is 43.4 Å². The second-order valence-corrected chi connectivity index (χ2v) is 7.99. The largest absolute Gasteiger partial charge is 0.379 e. The van der Waals surface area contributed by atoms with Crippen LogP contribution in [-0.4, -0.2) is 58.2 Å². The molecule has 1 saturated heterocycles. The predicted molar refractivity (Wildman–Crippen MR) is 115 cm³/mol. The van der Waals surface area contributed by atoms with Crippen LogP contribution in [0.1, 0.15) is 25.7 Å². The lowest BCUT2D eigenvalue weighted by atomic mass is 9.90. The number of hydrogen-bond acceptors (Lipinski definition) is 6. The van der Waals surface area contributed by atoms with Gasteiger partial charge in [-0.15, -0.1) is 0 Å². The topological polar surface area (TPSA) is 63.2 Å². The van der Waals surface area contributed by atoms with Gasteiger partial charge in [0.05, 0.1) is 18.7 Å². The van der Waals surface area contributed by atoms with Crippen LogP contribution in [0, 0.1) is 0 Å². The van der Waals surface area contributed by atoms with Gasteiger partial charge in [-0.3, -0.25) is 9.88 Å². The van der Waals surface area contributed by atoms with E-state index < -0.39 is 0 Å². The van der Waals surface area contributed by atoms with E-state index in [1.165, 1.54) is 25.7 Å². The van der Waals surface area contributed by atoms with Crippen molar-refractivity contribution in [2.24, 2.45) is 0 Å². The quantitative estimate of drug-likeness (QED) is 0.733. The molecule has 1 saturated carbocycles. The van der Waals surface area contributed by atoms with E-state index in [0.29, 0.717) is 12.1 Å². The number of nitrogens with one attached hydrogen (secondary N) is 1. The number of fused-ring (bicyclic) bond motifs is 1. The minimum atomic E-state index is 0.468. The fourth-order valence-corrected chi connectivity index (χ4v) is 4.62. The summed E-state index contributed by atoms with van der Waals surface area (Å²) in [5, 5.41) is 4.80. The molecule has 6 heteroatoms. The van der Waals surface area contributed by atoms with Crippen molar-refractivity contribution in [3.8, 4) is 11.1 Å². The zero-order valence-electron chi connectivity index (χ0n) is 16.6. The lowest BCUT2D eigenvalue weighted by Crippen LogP contribution is -2.46. The Morgan fingerprint density at radius 2 is 1.69 bits per heavy atom. The highest BCUT2D eigenvalue weighted by Crippen LogP contribution is 2.30.